The largest absolute Gasteiger partial charge is 0.489 e. The van der Waals surface area contributed by atoms with Crippen LogP contribution in [0.3, 0.4) is 0 Å². The van der Waals surface area contributed by atoms with Crippen LogP contribution in [0, 0.1) is 17.7 Å². The molecule has 1 heterocycles. The van der Waals surface area contributed by atoms with E-state index >= 15 is 0 Å². The van der Waals surface area contributed by atoms with E-state index in [9.17, 15) is 9.18 Å². The van der Waals surface area contributed by atoms with Crippen molar-refractivity contribution in [1.82, 2.24) is 10.6 Å². The molecule has 1 aliphatic heterocycles. The van der Waals surface area contributed by atoms with Crippen molar-refractivity contribution in [3.05, 3.63) is 65.5 Å². The lowest BCUT2D eigenvalue weighted by Crippen LogP contribution is -2.49. The summed E-state index contributed by atoms with van der Waals surface area (Å²) in [5, 5.41) is 6.17. The van der Waals surface area contributed by atoms with Crippen molar-refractivity contribution in [1.29, 1.82) is 0 Å². The number of carbonyl (C=O) groups is 1. The van der Waals surface area contributed by atoms with Crippen molar-refractivity contribution in [3.63, 3.8) is 0 Å². The number of amides is 1. The van der Waals surface area contributed by atoms with E-state index in [2.05, 4.69) is 10.6 Å². The molecule has 1 saturated heterocycles. The molecule has 1 amide bonds. The first-order chi connectivity index (χ1) is 12.1. The number of nitrogens with one attached hydrogen (secondary N) is 2. The summed E-state index contributed by atoms with van der Waals surface area (Å²) in [6.45, 7) is 4.65. The van der Waals surface area contributed by atoms with Crippen molar-refractivity contribution in [2.24, 2.45) is 11.8 Å². The fourth-order valence-corrected chi connectivity index (χ4v) is 2.73. The summed E-state index contributed by atoms with van der Waals surface area (Å²) in [4.78, 5) is 12.1. The number of rotatable bonds is 7. The third kappa shape index (κ3) is 4.79. The van der Waals surface area contributed by atoms with Gasteiger partial charge in [0.1, 0.15) is 18.2 Å². The maximum atomic E-state index is 13.1. The highest BCUT2D eigenvalue weighted by atomic mass is 19.1. The minimum atomic E-state index is -0.265. The van der Waals surface area contributed by atoms with Crippen LogP contribution in [0.5, 0.6) is 5.75 Å². The Morgan fingerprint density at radius 3 is 2.64 bits per heavy atom. The highest BCUT2D eigenvalue weighted by Crippen LogP contribution is 2.17. The fraction of sp³-hybridized carbons (Fsp3) is 0.350. The molecular weight excluding hydrogens is 319 g/mol. The summed E-state index contributed by atoms with van der Waals surface area (Å²) in [7, 11) is 0. The van der Waals surface area contributed by atoms with Crippen LogP contribution in [-0.4, -0.2) is 19.0 Å². The topological polar surface area (TPSA) is 50.4 Å². The molecule has 0 spiro atoms. The van der Waals surface area contributed by atoms with E-state index in [1.54, 1.807) is 6.07 Å². The highest BCUT2D eigenvalue weighted by molar-refractivity contribution is 5.78. The van der Waals surface area contributed by atoms with E-state index in [-0.39, 0.29) is 17.6 Å². The van der Waals surface area contributed by atoms with Gasteiger partial charge >= 0.3 is 0 Å². The van der Waals surface area contributed by atoms with Crippen LogP contribution < -0.4 is 15.4 Å². The Morgan fingerprint density at radius 2 is 2.00 bits per heavy atom. The number of benzene rings is 2. The van der Waals surface area contributed by atoms with E-state index in [1.807, 2.05) is 37.3 Å². The summed E-state index contributed by atoms with van der Waals surface area (Å²) in [6, 6.07) is 13.9. The molecule has 0 saturated carbocycles. The van der Waals surface area contributed by atoms with Crippen LogP contribution in [0.2, 0.25) is 0 Å². The molecule has 5 heteroatoms. The van der Waals surface area contributed by atoms with Crippen molar-refractivity contribution in [2.75, 3.05) is 13.1 Å². The minimum absolute atomic E-state index is 0.0372. The number of carbonyl (C=O) groups excluding carboxylic acids is 1. The lowest BCUT2D eigenvalue weighted by Gasteiger charge is -2.31. The molecule has 0 radical (unpaired) electrons. The summed E-state index contributed by atoms with van der Waals surface area (Å²) < 4.78 is 18.8. The molecule has 0 bridgehead atoms. The zero-order valence-electron chi connectivity index (χ0n) is 14.3. The molecule has 132 valence electrons. The second-order valence-electron chi connectivity index (χ2n) is 6.49. The van der Waals surface area contributed by atoms with Gasteiger partial charge in [-0.05, 0) is 54.4 Å². The van der Waals surface area contributed by atoms with Gasteiger partial charge in [-0.3, -0.25) is 4.79 Å². The van der Waals surface area contributed by atoms with Crippen LogP contribution in [0.1, 0.15) is 18.1 Å². The standard InChI is InChI=1S/C20H23FN2O2/c1-14(17-11-22-12-17)20(24)23-10-15-5-7-19(8-6-15)25-13-16-3-2-4-18(21)9-16/h2-9,14,17,22H,10-13H2,1H3,(H,23,24). The lowest BCUT2D eigenvalue weighted by atomic mass is 9.88. The van der Waals surface area contributed by atoms with E-state index in [0.717, 1.165) is 24.2 Å². The molecule has 3 rings (SSSR count). The van der Waals surface area contributed by atoms with Crippen molar-refractivity contribution < 1.29 is 13.9 Å². The Bertz CT molecular complexity index is 714. The maximum Gasteiger partial charge on any atom is 0.223 e. The molecule has 2 N–H and O–H groups in total. The molecule has 2 aromatic carbocycles. The number of ether oxygens (including phenoxy) is 1. The summed E-state index contributed by atoms with van der Waals surface area (Å²) in [6.07, 6.45) is 0. The van der Waals surface area contributed by atoms with E-state index in [0.29, 0.717) is 24.8 Å². The molecule has 1 fully saturated rings. The van der Waals surface area contributed by atoms with Crippen molar-refractivity contribution in [3.8, 4) is 5.75 Å². The van der Waals surface area contributed by atoms with Gasteiger partial charge < -0.3 is 15.4 Å². The normalized spacial score (nSPS) is 15.3. The Morgan fingerprint density at radius 1 is 1.24 bits per heavy atom. The van der Waals surface area contributed by atoms with Crippen LogP contribution >= 0.6 is 0 Å². The highest BCUT2D eigenvalue weighted by Gasteiger charge is 2.28. The Balaban J connectivity index is 1.46. The second kappa shape index (κ2) is 8.12. The average molecular weight is 342 g/mol. The molecule has 0 aliphatic carbocycles. The maximum absolute atomic E-state index is 13.1. The van der Waals surface area contributed by atoms with E-state index < -0.39 is 0 Å². The van der Waals surface area contributed by atoms with Gasteiger partial charge in [0.2, 0.25) is 5.91 Å². The molecule has 1 unspecified atom stereocenters. The minimum Gasteiger partial charge on any atom is -0.489 e. The van der Waals surface area contributed by atoms with Gasteiger partial charge in [-0.1, -0.05) is 31.2 Å². The van der Waals surface area contributed by atoms with Gasteiger partial charge in [0.25, 0.3) is 0 Å². The molecule has 2 aromatic rings. The zero-order valence-corrected chi connectivity index (χ0v) is 14.3. The molecular formula is C20H23FN2O2. The molecule has 1 aliphatic rings. The SMILES string of the molecule is CC(C(=O)NCc1ccc(OCc2cccc(F)c2)cc1)C1CNC1. The Labute approximate surface area is 147 Å². The van der Waals surface area contributed by atoms with E-state index in [1.165, 1.54) is 12.1 Å². The van der Waals surface area contributed by atoms with Crippen molar-refractivity contribution in [2.45, 2.75) is 20.1 Å². The third-order valence-electron chi connectivity index (χ3n) is 4.62. The van der Waals surface area contributed by atoms with Crippen LogP contribution in [0.25, 0.3) is 0 Å². The first-order valence-corrected chi connectivity index (χ1v) is 8.56. The number of hydrogen-bond donors (Lipinski definition) is 2. The first kappa shape index (κ1) is 17.4. The quantitative estimate of drug-likeness (QED) is 0.813. The van der Waals surface area contributed by atoms with Gasteiger partial charge in [0.15, 0.2) is 0 Å². The van der Waals surface area contributed by atoms with Crippen LogP contribution in [0.4, 0.5) is 4.39 Å². The third-order valence-corrected chi connectivity index (χ3v) is 4.62. The summed E-state index contributed by atoms with van der Waals surface area (Å²) in [5.74, 6) is 1.03. The zero-order chi connectivity index (χ0) is 17.6. The Kier molecular flexibility index (Phi) is 5.66. The summed E-state index contributed by atoms with van der Waals surface area (Å²) >= 11 is 0. The molecule has 4 nitrogen and oxygen atoms in total. The second-order valence-corrected chi connectivity index (χ2v) is 6.49. The molecule has 1 atom stereocenters. The van der Waals surface area contributed by atoms with Gasteiger partial charge in [0.05, 0.1) is 0 Å². The first-order valence-electron chi connectivity index (χ1n) is 8.56. The fourth-order valence-electron chi connectivity index (χ4n) is 2.73. The van der Waals surface area contributed by atoms with Crippen LogP contribution in [0.15, 0.2) is 48.5 Å². The smallest absolute Gasteiger partial charge is 0.223 e. The average Bonchev–Trinajstić information content (AvgIpc) is 2.57. The van der Waals surface area contributed by atoms with E-state index in [4.69, 9.17) is 4.74 Å². The number of halogens is 1. The predicted molar refractivity (Wildman–Crippen MR) is 94.5 cm³/mol. The molecule has 25 heavy (non-hydrogen) atoms. The van der Waals surface area contributed by atoms with Gasteiger partial charge in [-0.15, -0.1) is 0 Å². The molecule has 0 aromatic heterocycles. The monoisotopic (exact) mass is 342 g/mol. The Hall–Kier alpha value is -2.40. The summed E-state index contributed by atoms with van der Waals surface area (Å²) in [5.41, 5.74) is 1.81. The van der Waals surface area contributed by atoms with Crippen LogP contribution in [-0.2, 0) is 17.9 Å². The van der Waals surface area contributed by atoms with Gasteiger partial charge in [0, 0.05) is 12.5 Å². The lowest BCUT2D eigenvalue weighted by molar-refractivity contribution is -0.126. The number of hydrogen-bond acceptors (Lipinski definition) is 3. The van der Waals surface area contributed by atoms with Crippen molar-refractivity contribution >= 4 is 5.91 Å². The predicted octanol–water partition coefficient (Wildman–Crippen LogP) is 2.88. The van der Waals surface area contributed by atoms with Gasteiger partial charge in [-0.2, -0.15) is 0 Å². The van der Waals surface area contributed by atoms with Gasteiger partial charge in [-0.25, -0.2) is 4.39 Å².